The number of aromatic nitrogens is 2. The first-order valence-corrected chi connectivity index (χ1v) is 9.74. The molecule has 0 saturated heterocycles. The van der Waals surface area contributed by atoms with Gasteiger partial charge in [-0.1, -0.05) is 44.2 Å². The van der Waals surface area contributed by atoms with Crippen LogP contribution in [0.2, 0.25) is 0 Å². The molecule has 1 aliphatic carbocycles. The highest BCUT2D eigenvalue weighted by atomic mass is 14.7. The Kier molecular flexibility index (Phi) is 5.04. The van der Waals surface area contributed by atoms with Crippen molar-refractivity contribution in [3.8, 4) is 17.2 Å². The zero-order chi connectivity index (χ0) is 19.5. The van der Waals surface area contributed by atoms with Gasteiger partial charge in [0.05, 0.1) is 17.3 Å². The van der Waals surface area contributed by atoms with Crippen LogP contribution in [0.4, 0.5) is 0 Å². The third-order valence-electron chi connectivity index (χ3n) is 5.93. The molecule has 4 rings (SSSR count). The second-order valence-corrected chi connectivity index (χ2v) is 7.63. The van der Waals surface area contributed by atoms with Gasteiger partial charge in [-0.15, -0.1) is 0 Å². The molecule has 0 saturated carbocycles. The molecule has 0 radical (unpaired) electrons. The molecule has 3 heteroatoms. The summed E-state index contributed by atoms with van der Waals surface area (Å²) in [4.78, 5) is 8.95. The quantitative estimate of drug-likeness (QED) is 0.603. The Morgan fingerprint density at radius 2 is 1.93 bits per heavy atom. The Balaban J connectivity index is 1.60. The van der Waals surface area contributed by atoms with Crippen molar-refractivity contribution >= 4 is 6.08 Å². The van der Waals surface area contributed by atoms with E-state index in [1.54, 1.807) is 0 Å². The second kappa shape index (κ2) is 7.78. The topological polar surface area (TPSA) is 49.6 Å². The van der Waals surface area contributed by atoms with Crippen LogP contribution in [0.5, 0.6) is 0 Å². The lowest BCUT2D eigenvalue weighted by atomic mass is 9.71. The van der Waals surface area contributed by atoms with Crippen LogP contribution >= 0.6 is 0 Å². The lowest BCUT2D eigenvalue weighted by molar-refractivity contribution is 0.331. The van der Waals surface area contributed by atoms with E-state index in [1.807, 2.05) is 55.0 Å². The summed E-state index contributed by atoms with van der Waals surface area (Å²) >= 11 is 0. The molecule has 0 amide bonds. The molecule has 1 aromatic carbocycles. The van der Waals surface area contributed by atoms with Crippen LogP contribution in [-0.2, 0) is 6.42 Å². The molecule has 2 aromatic heterocycles. The van der Waals surface area contributed by atoms with Gasteiger partial charge in [-0.3, -0.25) is 9.97 Å². The summed E-state index contributed by atoms with van der Waals surface area (Å²) in [5.41, 5.74) is 6.22. The van der Waals surface area contributed by atoms with Crippen LogP contribution in [0.15, 0.2) is 67.1 Å². The van der Waals surface area contributed by atoms with E-state index in [9.17, 15) is 5.26 Å². The van der Waals surface area contributed by atoms with E-state index in [0.29, 0.717) is 23.3 Å². The van der Waals surface area contributed by atoms with Gasteiger partial charge in [-0.2, -0.15) is 5.26 Å². The van der Waals surface area contributed by atoms with E-state index < -0.39 is 0 Å². The number of benzene rings is 1. The molecule has 3 atom stereocenters. The number of allylic oxidation sites excluding steroid dienone is 1. The summed E-state index contributed by atoms with van der Waals surface area (Å²) < 4.78 is 0. The van der Waals surface area contributed by atoms with Crippen LogP contribution in [0.1, 0.15) is 42.1 Å². The Labute approximate surface area is 166 Å². The lowest BCUT2D eigenvalue weighted by Crippen LogP contribution is -2.25. The molecule has 0 fully saturated rings. The average Bonchev–Trinajstić information content (AvgIpc) is 2.74. The molecule has 0 aliphatic heterocycles. The number of hydrogen-bond acceptors (Lipinski definition) is 3. The van der Waals surface area contributed by atoms with Gasteiger partial charge in [0.15, 0.2) is 0 Å². The van der Waals surface area contributed by atoms with E-state index in [2.05, 4.69) is 48.1 Å². The highest BCUT2D eigenvalue weighted by Crippen LogP contribution is 2.40. The fraction of sp³-hybridized carbons (Fsp3) is 0.240. The Bertz CT molecular complexity index is 1040. The first-order chi connectivity index (χ1) is 13.7. The molecule has 1 aliphatic rings. The molecule has 138 valence electrons. The number of nitrogens with zero attached hydrogens (tertiary/aromatic N) is 3. The number of pyridine rings is 2. The molecule has 0 N–H and O–H groups in total. The summed E-state index contributed by atoms with van der Waals surface area (Å²) in [5, 5.41) is 9.30. The van der Waals surface area contributed by atoms with E-state index in [1.165, 1.54) is 11.1 Å². The SMILES string of the molecule is C[C@H]1[C@H](/C=C/c2ccc(-c3ccccc3C#N)cn2)c2cnccc2C[C@@H]1C. The van der Waals surface area contributed by atoms with Crippen LogP contribution < -0.4 is 0 Å². The summed E-state index contributed by atoms with van der Waals surface area (Å²) in [6, 6.07) is 16.1. The molecule has 0 unspecified atom stereocenters. The second-order valence-electron chi connectivity index (χ2n) is 7.63. The number of rotatable bonds is 3. The summed E-state index contributed by atoms with van der Waals surface area (Å²) in [5.74, 6) is 1.56. The maximum atomic E-state index is 9.30. The summed E-state index contributed by atoms with van der Waals surface area (Å²) in [6.07, 6.45) is 11.2. The highest BCUT2D eigenvalue weighted by molar-refractivity contribution is 5.70. The van der Waals surface area contributed by atoms with E-state index >= 15 is 0 Å². The predicted octanol–water partition coefficient (Wildman–Crippen LogP) is 5.64. The van der Waals surface area contributed by atoms with Crippen molar-refractivity contribution in [2.45, 2.75) is 26.2 Å². The van der Waals surface area contributed by atoms with Gasteiger partial charge in [0.25, 0.3) is 0 Å². The zero-order valence-corrected chi connectivity index (χ0v) is 16.2. The van der Waals surface area contributed by atoms with Gasteiger partial charge < -0.3 is 0 Å². The van der Waals surface area contributed by atoms with Gasteiger partial charge in [-0.05, 0) is 53.7 Å². The summed E-state index contributed by atoms with van der Waals surface area (Å²) in [7, 11) is 0. The first kappa shape index (κ1) is 18.1. The number of fused-ring (bicyclic) bond motifs is 1. The average molecular weight is 365 g/mol. The fourth-order valence-corrected chi connectivity index (χ4v) is 4.07. The Morgan fingerprint density at radius 1 is 1.07 bits per heavy atom. The van der Waals surface area contributed by atoms with E-state index in [4.69, 9.17) is 0 Å². The third-order valence-corrected chi connectivity index (χ3v) is 5.93. The molecule has 2 heterocycles. The van der Waals surface area contributed by atoms with Crippen LogP contribution in [0, 0.1) is 23.2 Å². The Hall–Kier alpha value is -3.25. The van der Waals surface area contributed by atoms with Crippen molar-refractivity contribution in [3.63, 3.8) is 0 Å². The van der Waals surface area contributed by atoms with Gasteiger partial charge >= 0.3 is 0 Å². The van der Waals surface area contributed by atoms with Crippen molar-refractivity contribution in [1.29, 1.82) is 5.26 Å². The normalized spacial score (nSPS) is 21.2. The maximum absolute atomic E-state index is 9.30. The lowest BCUT2D eigenvalue weighted by Gasteiger charge is -2.34. The smallest absolute Gasteiger partial charge is 0.0998 e. The van der Waals surface area contributed by atoms with E-state index in [-0.39, 0.29) is 0 Å². The third kappa shape index (κ3) is 3.46. The molecular weight excluding hydrogens is 342 g/mol. The van der Waals surface area contributed by atoms with Crippen molar-refractivity contribution < 1.29 is 0 Å². The fourth-order valence-electron chi connectivity index (χ4n) is 4.07. The zero-order valence-electron chi connectivity index (χ0n) is 16.2. The first-order valence-electron chi connectivity index (χ1n) is 9.74. The standard InChI is InChI=1S/C25H23N3/c1-17-13-19-11-12-27-16-25(19)23(18(17)2)10-9-22-8-7-21(15-28-22)24-6-4-3-5-20(24)14-26/h3-12,15-18,23H,13H2,1-2H3/b10-9+/t17-,18+,23-/m0/s1. The molecular formula is C25H23N3. The minimum atomic E-state index is 0.355. The minimum Gasteiger partial charge on any atom is -0.264 e. The van der Waals surface area contributed by atoms with Crippen LogP contribution in [-0.4, -0.2) is 9.97 Å². The van der Waals surface area contributed by atoms with Crippen molar-refractivity contribution in [2.75, 3.05) is 0 Å². The monoisotopic (exact) mass is 365 g/mol. The minimum absolute atomic E-state index is 0.355. The molecule has 3 nitrogen and oxygen atoms in total. The predicted molar refractivity (Wildman–Crippen MR) is 112 cm³/mol. The van der Waals surface area contributed by atoms with Crippen molar-refractivity contribution in [3.05, 3.63) is 89.5 Å². The van der Waals surface area contributed by atoms with Gasteiger partial charge in [0, 0.05) is 35.6 Å². The van der Waals surface area contributed by atoms with Crippen LogP contribution in [0.3, 0.4) is 0 Å². The van der Waals surface area contributed by atoms with Gasteiger partial charge in [0.1, 0.15) is 0 Å². The largest absolute Gasteiger partial charge is 0.264 e. The Morgan fingerprint density at radius 3 is 2.71 bits per heavy atom. The maximum Gasteiger partial charge on any atom is 0.0998 e. The van der Waals surface area contributed by atoms with Crippen molar-refractivity contribution in [1.82, 2.24) is 9.97 Å². The summed E-state index contributed by atoms with van der Waals surface area (Å²) in [6.45, 7) is 4.65. The highest BCUT2D eigenvalue weighted by Gasteiger charge is 2.29. The van der Waals surface area contributed by atoms with Crippen LogP contribution in [0.25, 0.3) is 17.2 Å². The van der Waals surface area contributed by atoms with Gasteiger partial charge in [-0.25, -0.2) is 0 Å². The van der Waals surface area contributed by atoms with Crippen molar-refractivity contribution in [2.24, 2.45) is 11.8 Å². The number of hydrogen-bond donors (Lipinski definition) is 0. The molecule has 0 spiro atoms. The molecule has 3 aromatic rings. The van der Waals surface area contributed by atoms with E-state index in [0.717, 1.165) is 23.2 Å². The molecule has 28 heavy (non-hydrogen) atoms. The number of nitriles is 1. The van der Waals surface area contributed by atoms with Gasteiger partial charge in [0.2, 0.25) is 0 Å². The molecule has 0 bridgehead atoms.